The molecule has 0 aliphatic carbocycles. The van der Waals surface area contributed by atoms with Crippen LogP contribution in [0.2, 0.25) is 0 Å². The minimum absolute atomic E-state index is 0.000508. The summed E-state index contributed by atoms with van der Waals surface area (Å²) in [6.07, 6.45) is 2.73. The average molecular weight is 343 g/mol. The van der Waals surface area contributed by atoms with E-state index in [0.29, 0.717) is 19.0 Å². The van der Waals surface area contributed by atoms with Crippen LogP contribution in [0, 0.1) is 5.92 Å². The van der Waals surface area contributed by atoms with Gasteiger partial charge in [0.2, 0.25) is 0 Å². The van der Waals surface area contributed by atoms with E-state index in [1.54, 1.807) is 4.90 Å². The first-order valence-corrected chi connectivity index (χ1v) is 8.99. The number of benzene rings is 1. The lowest BCUT2D eigenvalue weighted by Crippen LogP contribution is -2.38. The van der Waals surface area contributed by atoms with Gasteiger partial charge in [0, 0.05) is 18.7 Å². The van der Waals surface area contributed by atoms with Gasteiger partial charge in [0.1, 0.15) is 4.90 Å². The molecule has 1 heterocycles. The van der Waals surface area contributed by atoms with Crippen molar-refractivity contribution in [2.45, 2.75) is 31.1 Å². The minimum Gasteiger partial charge on any atom is -0.339 e. The van der Waals surface area contributed by atoms with Gasteiger partial charge < -0.3 is 4.90 Å². The highest BCUT2D eigenvalue weighted by molar-refractivity contribution is 8.45. The molecule has 0 N–H and O–H groups in total. The number of halogens is 5. The zero-order valence-electron chi connectivity index (χ0n) is 12.1. The summed E-state index contributed by atoms with van der Waals surface area (Å²) in [5.41, 5.74) is 0.000508. The molecule has 1 aliphatic rings. The van der Waals surface area contributed by atoms with Crippen LogP contribution in [-0.4, -0.2) is 23.9 Å². The number of hydrogen-bond acceptors (Lipinski definition) is 1. The number of amides is 1. The number of carbonyl (C=O) groups is 1. The molecular formula is C14H18F5NOS. The Hall–Kier alpha value is -1.31. The van der Waals surface area contributed by atoms with Gasteiger partial charge in [-0.25, -0.2) is 0 Å². The van der Waals surface area contributed by atoms with Crippen molar-refractivity contribution in [3.63, 3.8) is 0 Å². The second kappa shape index (κ2) is 4.84. The van der Waals surface area contributed by atoms with Crippen molar-refractivity contribution in [1.82, 2.24) is 4.90 Å². The highest BCUT2D eigenvalue weighted by Crippen LogP contribution is 3.02. The topological polar surface area (TPSA) is 20.3 Å². The molecule has 0 radical (unpaired) electrons. The van der Waals surface area contributed by atoms with E-state index in [-0.39, 0.29) is 17.7 Å². The molecule has 0 bridgehead atoms. The van der Waals surface area contributed by atoms with E-state index in [1.165, 1.54) is 0 Å². The van der Waals surface area contributed by atoms with Gasteiger partial charge in [-0.2, -0.15) is 0 Å². The summed E-state index contributed by atoms with van der Waals surface area (Å²) >= 11 is 0. The van der Waals surface area contributed by atoms with Gasteiger partial charge in [-0.15, -0.1) is 0 Å². The number of nitrogens with zero attached hydrogens (tertiary/aromatic N) is 1. The van der Waals surface area contributed by atoms with Crippen molar-refractivity contribution in [3.05, 3.63) is 29.8 Å². The Morgan fingerprint density at radius 3 is 2.00 bits per heavy atom. The predicted octanol–water partition coefficient (Wildman–Crippen LogP) is 5.61. The second-order valence-electron chi connectivity index (χ2n) is 5.64. The Bertz CT molecular complexity index is 561. The SMILES string of the molecule is CCC1CCN(C(=O)c2ccc(S(F)(F)(F)(F)F)cc2)CC1. The first-order valence-electron chi connectivity index (χ1n) is 7.04. The van der Waals surface area contributed by atoms with Gasteiger partial charge >= 0.3 is 10.2 Å². The summed E-state index contributed by atoms with van der Waals surface area (Å²) in [5.74, 6) is 0.141. The van der Waals surface area contributed by atoms with Crippen molar-refractivity contribution in [2.75, 3.05) is 13.1 Å². The smallest absolute Gasteiger partial charge is 0.310 e. The highest BCUT2D eigenvalue weighted by atomic mass is 32.5. The Labute approximate surface area is 126 Å². The molecule has 2 nitrogen and oxygen atoms in total. The summed E-state index contributed by atoms with van der Waals surface area (Å²) in [6.45, 7) is 3.15. The summed E-state index contributed by atoms with van der Waals surface area (Å²) in [5, 5.41) is 0. The third-order valence-corrected chi connectivity index (χ3v) is 5.19. The Balaban J connectivity index is 2.13. The lowest BCUT2D eigenvalue weighted by Gasteiger charge is -2.40. The molecule has 0 saturated carbocycles. The van der Waals surface area contributed by atoms with Gasteiger partial charge in [-0.1, -0.05) is 32.8 Å². The predicted molar refractivity (Wildman–Crippen MR) is 76.8 cm³/mol. The van der Waals surface area contributed by atoms with E-state index in [4.69, 9.17) is 0 Å². The fourth-order valence-electron chi connectivity index (χ4n) is 2.58. The van der Waals surface area contributed by atoms with Gasteiger partial charge in [0.05, 0.1) is 0 Å². The third-order valence-electron chi connectivity index (χ3n) is 4.03. The summed E-state index contributed by atoms with van der Waals surface area (Å²) in [7, 11) is -9.68. The largest absolute Gasteiger partial charge is 0.339 e. The molecule has 1 amide bonds. The number of rotatable bonds is 3. The van der Waals surface area contributed by atoms with Crippen LogP contribution in [0.3, 0.4) is 0 Å². The zero-order valence-corrected chi connectivity index (χ0v) is 12.9. The van der Waals surface area contributed by atoms with Crippen LogP contribution in [0.25, 0.3) is 0 Å². The van der Waals surface area contributed by atoms with E-state index in [1.807, 2.05) is 0 Å². The number of hydrogen-bond donors (Lipinski definition) is 0. The van der Waals surface area contributed by atoms with Crippen LogP contribution < -0.4 is 0 Å². The Morgan fingerprint density at radius 1 is 1.09 bits per heavy atom. The Morgan fingerprint density at radius 2 is 1.59 bits per heavy atom. The first kappa shape index (κ1) is 17.1. The molecule has 22 heavy (non-hydrogen) atoms. The second-order valence-corrected chi connectivity index (χ2v) is 8.05. The number of piperidine rings is 1. The van der Waals surface area contributed by atoms with Gasteiger partial charge in [-0.3, -0.25) is 4.79 Å². The van der Waals surface area contributed by atoms with Crippen LogP contribution in [0.5, 0.6) is 0 Å². The normalized spacial score (nSPS) is 20.4. The fraction of sp³-hybridized carbons (Fsp3) is 0.500. The molecular weight excluding hydrogens is 325 g/mol. The Kier molecular flexibility index (Phi) is 3.75. The van der Waals surface area contributed by atoms with Crippen LogP contribution in [0.1, 0.15) is 36.5 Å². The molecule has 1 saturated heterocycles. The van der Waals surface area contributed by atoms with Crippen LogP contribution in [-0.2, 0) is 0 Å². The molecule has 0 atom stereocenters. The molecule has 8 heteroatoms. The lowest BCUT2D eigenvalue weighted by atomic mass is 9.94. The molecule has 0 spiro atoms. The van der Waals surface area contributed by atoms with E-state index in [2.05, 4.69) is 6.92 Å². The van der Waals surface area contributed by atoms with Crippen LogP contribution in [0.15, 0.2) is 29.2 Å². The molecule has 1 aliphatic heterocycles. The maximum absolute atomic E-state index is 12.6. The number of carbonyl (C=O) groups excluding carboxylic acids is 1. The molecule has 0 unspecified atom stereocenters. The quantitative estimate of drug-likeness (QED) is 0.654. The lowest BCUT2D eigenvalue weighted by molar-refractivity contribution is 0.0688. The van der Waals surface area contributed by atoms with Crippen LogP contribution in [0.4, 0.5) is 19.4 Å². The fourth-order valence-corrected chi connectivity index (χ4v) is 3.23. The molecule has 126 valence electrons. The van der Waals surface area contributed by atoms with E-state index < -0.39 is 21.0 Å². The van der Waals surface area contributed by atoms with E-state index in [0.717, 1.165) is 31.4 Å². The van der Waals surface area contributed by atoms with Crippen molar-refractivity contribution < 1.29 is 24.2 Å². The molecule has 1 fully saturated rings. The monoisotopic (exact) mass is 343 g/mol. The van der Waals surface area contributed by atoms with Gasteiger partial charge in [0.15, 0.2) is 0 Å². The van der Waals surface area contributed by atoms with E-state index in [9.17, 15) is 24.2 Å². The summed E-state index contributed by atoms with van der Waals surface area (Å²) < 4.78 is 63.1. The average Bonchev–Trinajstić information content (AvgIpc) is 2.44. The van der Waals surface area contributed by atoms with Crippen molar-refractivity contribution in [2.24, 2.45) is 5.92 Å². The first-order chi connectivity index (χ1) is 9.90. The minimum atomic E-state index is -9.68. The van der Waals surface area contributed by atoms with Gasteiger partial charge in [0.25, 0.3) is 5.91 Å². The zero-order chi connectivity index (χ0) is 16.7. The summed E-state index contributed by atoms with van der Waals surface area (Å²) in [4.78, 5) is 11.8. The molecule has 2 rings (SSSR count). The highest BCUT2D eigenvalue weighted by Gasteiger charge is 2.65. The van der Waals surface area contributed by atoms with E-state index >= 15 is 0 Å². The maximum atomic E-state index is 12.6. The van der Waals surface area contributed by atoms with Crippen molar-refractivity contribution >= 4 is 16.1 Å². The number of likely N-dealkylation sites (tertiary alicyclic amines) is 1. The van der Waals surface area contributed by atoms with Gasteiger partial charge in [-0.05, 0) is 43.0 Å². The molecule has 0 aromatic heterocycles. The summed E-state index contributed by atoms with van der Waals surface area (Å²) in [6, 6.07) is 2.21. The maximum Gasteiger partial charge on any atom is 0.310 e. The third kappa shape index (κ3) is 3.91. The van der Waals surface area contributed by atoms with Crippen molar-refractivity contribution in [1.29, 1.82) is 0 Å². The van der Waals surface area contributed by atoms with Crippen molar-refractivity contribution in [3.8, 4) is 0 Å². The van der Waals surface area contributed by atoms with Crippen LogP contribution >= 0.6 is 10.2 Å². The molecule has 1 aromatic carbocycles. The standard InChI is InChI=1S/C14H18F5NOS/c1-2-11-7-9-20(10-8-11)14(21)12-3-5-13(6-4-12)22(15,16,17,18)19/h3-6,11H,2,7-10H2,1H3. The molecule has 1 aromatic rings.